The first-order chi connectivity index (χ1) is 14.9. The van der Waals surface area contributed by atoms with Crippen LogP contribution in [0.25, 0.3) is 0 Å². The summed E-state index contributed by atoms with van der Waals surface area (Å²) in [5.41, 5.74) is 0.995. The highest BCUT2D eigenvalue weighted by molar-refractivity contribution is 5.92. The molecular weight excluding hydrogens is 394 g/mol. The topological polar surface area (TPSA) is 92.8 Å². The smallest absolute Gasteiger partial charge is 0.274 e. The van der Waals surface area contributed by atoms with Crippen LogP contribution in [0, 0.1) is 6.92 Å². The largest absolute Gasteiger partial charge is 0.467 e. The van der Waals surface area contributed by atoms with Crippen molar-refractivity contribution in [2.24, 2.45) is 0 Å². The van der Waals surface area contributed by atoms with Gasteiger partial charge in [-0.1, -0.05) is 0 Å². The third kappa shape index (κ3) is 8.49. The van der Waals surface area contributed by atoms with Crippen molar-refractivity contribution in [3.05, 3.63) is 47.9 Å². The van der Waals surface area contributed by atoms with Crippen LogP contribution < -0.4 is 10.2 Å². The predicted molar refractivity (Wildman–Crippen MR) is 119 cm³/mol. The molecule has 0 fully saturated rings. The molecule has 0 unspecified atom stereocenters. The summed E-state index contributed by atoms with van der Waals surface area (Å²) < 4.78 is 5.39. The zero-order valence-electron chi connectivity index (χ0n) is 19.2. The van der Waals surface area contributed by atoms with E-state index in [4.69, 9.17) is 4.42 Å². The van der Waals surface area contributed by atoms with Gasteiger partial charge in [-0.25, -0.2) is 4.98 Å². The number of rotatable bonds is 13. The second-order valence-electron chi connectivity index (χ2n) is 7.92. The summed E-state index contributed by atoms with van der Waals surface area (Å²) in [4.78, 5) is 36.9. The van der Waals surface area contributed by atoms with Crippen molar-refractivity contribution in [1.82, 2.24) is 20.2 Å². The summed E-state index contributed by atoms with van der Waals surface area (Å²) in [6.07, 6.45) is 6.84. The Morgan fingerprint density at radius 2 is 2.00 bits per heavy atom. The van der Waals surface area contributed by atoms with Crippen LogP contribution in [0.5, 0.6) is 0 Å². The molecule has 0 aliphatic heterocycles. The maximum atomic E-state index is 12.9. The molecule has 2 amide bonds. The lowest BCUT2D eigenvalue weighted by Gasteiger charge is -2.22. The van der Waals surface area contributed by atoms with E-state index in [0.29, 0.717) is 5.76 Å². The highest BCUT2D eigenvalue weighted by Gasteiger charge is 2.20. The third-order valence-corrected chi connectivity index (χ3v) is 5.40. The summed E-state index contributed by atoms with van der Waals surface area (Å²) in [5, 5.41) is 3.05. The predicted octanol–water partition coefficient (Wildman–Crippen LogP) is 1.62. The number of aromatic nitrogens is 2. The molecule has 2 aromatic rings. The van der Waals surface area contributed by atoms with Gasteiger partial charge >= 0.3 is 0 Å². The quantitative estimate of drug-likeness (QED) is 0.504. The van der Waals surface area contributed by atoms with Crippen LogP contribution >= 0.6 is 0 Å². The zero-order chi connectivity index (χ0) is 22.6. The average molecular weight is 431 g/mol. The van der Waals surface area contributed by atoms with Crippen molar-refractivity contribution >= 4 is 11.8 Å². The monoisotopic (exact) mass is 430 g/mol. The number of nitrogens with one attached hydrogen (secondary N) is 2. The van der Waals surface area contributed by atoms with E-state index >= 15 is 0 Å². The molecule has 8 nitrogen and oxygen atoms in total. The molecule has 2 N–H and O–H groups in total. The van der Waals surface area contributed by atoms with Gasteiger partial charge in [0.15, 0.2) is 0 Å². The number of hydrogen-bond donors (Lipinski definition) is 2. The molecular formula is C23H36N5O3+. The summed E-state index contributed by atoms with van der Waals surface area (Å²) in [6.45, 7) is 12.2. The molecule has 0 saturated carbocycles. The number of carbonyl (C=O) groups excluding carboxylic acids is 2. The number of nitrogens with zero attached hydrogens (tertiary/aromatic N) is 3. The fourth-order valence-electron chi connectivity index (χ4n) is 3.43. The molecule has 2 aromatic heterocycles. The minimum absolute atomic E-state index is 0.0603. The first-order valence-corrected chi connectivity index (χ1v) is 11.2. The van der Waals surface area contributed by atoms with Gasteiger partial charge in [0.2, 0.25) is 5.91 Å². The molecule has 0 aliphatic carbocycles. The SMILES string of the molecule is CC[NH+](CC)CCC[C@@H](C)NC(=O)CCN(Cc1ccco1)C(=O)c1cnc(C)cn1. The van der Waals surface area contributed by atoms with Crippen molar-refractivity contribution in [2.75, 3.05) is 26.2 Å². The van der Waals surface area contributed by atoms with Gasteiger partial charge in [0.05, 0.1) is 44.3 Å². The summed E-state index contributed by atoms with van der Waals surface area (Å²) in [5.74, 6) is 0.322. The Balaban J connectivity index is 1.88. The maximum absolute atomic E-state index is 12.9. The third-order valence-electron chi connectivity index (χ3n) is 5.40. The van der Waals surface area contributed by atoms with Crippen LogP contribution in [0.4, 0.5) is 0 Å². The van der Waals surface area contributed by atoms with E-state index < -0.39 is 0 Å². The van der Waals surface area contributed by atoms with E-state index in [1.165, 1.54) is 6.20 Å². The molecule has 31 heavy (non-hydrogen) atoms. The van der Waals surface area contributed by atoms with Gasteiger partial charge in [0, 0.05) is 25.2 Å². The minimum Gasteiger partial charge on any atom is -0.467 e. The van der Waals surface area contributed by atoms with E-state index in [1.807, 2.05) is 13.8 Å². The minimum atomic E-state index is -0.271. The Kier molecular flexibility index (Phi) is 10.2. The van der Waals surface area contributed by atoms with Gasteiger partial charge in [0.1, 0.15) is 11.5 Å². The number of furan rings is 1. The zero-order valence-corrected chi connectivity index (χ0v) is 19.2. The second kappa shape index (κ2) is 12.8. The molecule has 1 atom stereocenters. The molecule has 2 rings (SSSR count). The summed E-state index contributed by atoms with van der Waals surface area (Å²) in [6, 6.07) is 3.69. The Labute approximate surface area is 185 Å². The molecule has 170 valence electrons. The Hall–Kier alpha value is -2.74. The number of aryl methyl sites for hydroxylation is 1. The van der Waals surface area contributed by atoms with Crippen LogP contribution in [0.2, 0.25) is 0 Å². The van der Waals surface area contributed by atoms with Crippen LogP contribution in [-0.2, 0) is 11.3 Å². The van der Waals surface area contributed by atoms with Crippen LogP contribution in [-0.4, -0.2) is 58.9 Å². The lowest BCUT2D eigenvalue weighted by atomic mass is 10.1. The Morgan fingerprint density at radius 3 is 2.61 bits per heavy atom. The molecule has 0 saturated heterocycles. The van der Waals surface area contributed by atoms with Gasteiger partial charge in [-0.05, 0) is 52.7 Å². The van der Waals surface area contributed by atoms with Crippen LogP contribution in [0.3, 0.4) is 0 Å². The van der Waals surface area contributed by atoms with Crippen molar-refractivity contribution in [3.8, 4) is 0 Å². The van der Waals surface area contributed by atoms with Gasteiger partial charge in [0.25, 0.3) is 5.91 Å². The van der Waals surface area contributed by atoms with E-state index in [9.17, 15) is 9.59 Å². The maximum Gasteiger partial charge on any atom is 0.274 e. The first-order valence-electron chi connectivity index (χ1n) is 11.2. The second-order valence-corrected chi connectivity index (χ2v) is 7.92. The van der Waals surface area contributed by atoms with Crippen LogP contribution in [0.1, 0.15) is 62.0 Å². The summed E-state index contributed by atoms with van der Waals surface area (Å²) in [7, 11) is 0. The molecule has 0 aliphatic rings. The fraction of sp³-hybridized carbons (Fsp3) is 0.565. The van der Waals surface area contributed by atoms with E-state index in [2.05, 4.69) is 29.1 Å². The van der Waals surface area contributed by atoms with E-state index in [-0.39, 0.29) is 43.1 Å². The normalized spacial score (nSPS) is 12.0. The van der Waals surface area contributed by atoms with Gasteiger partial charge in [-0.3, -0.25) is 14.6 Å². The highest BCUT2D eigenvalue weighted by atomic mass is 16.3. The van der Waals surface area contributed by atoms with E-state index in [1.54, 1.807) is 34.4 Å². The van der Waals surface area contributed by atoms with E-state index in [0.717, 1.165) is 38.2 Å². The van der Waals surface area contributed by atoms with Gasteiger partial charge in [-0.2, -0.15) is 0 Å². The standard InChI is InChI=1S/C23H35N5O3/c1-5-27(6-2)12-7-9-18(3)26-22(29)11-13-28(17-20-10-8-14-31-20)23(30)21-16-24-19(4)15-25-21/h8,10,14-16,18H,5-7,9,11-13,17H2,1-4H3,(H,26,29)/p+1/t18-/m1/s1. The number of hydrogen-bond acceptors (Lipinski definition) is 5. The van der Waals surface area contributed by atoms with Gasteiger partial charge in [-0.15, -0.1) is 0 Å². The summed E-state index contributed by atoms with van der Waals surface area (Å²) >= 11 is 0. The van der Waals surface area contributed by atoms with Crippen molar-refractivity contribution < 1.29 is 18.9 Å². The molecule has 8 heteroatoms. The molecule has 0 radical (unpaired) electrons. The Bertz CT molecular complexity index is 788. The lowest BCUT2D eigenvalue weighted by molar-refractivity contribution is -0.896. The highest BCUT2D eigenvalue weighted by Crippen LogP contribution is 2.10. The fourth-order valence-corrected chi connectivity index (χ4v) is 3.43. The number of quaternary nitrogens is 1. The first kappa shape index (κ1) is 24.5. The van der Waals surface area contributed by atoms with Crippen LogP contribution in [0.15, 0.2) is 35.2 Å². The Morgan fingerprint density at radius 1 is 1.23 bits per heavy atom. The average Bonchev–Trinajstić information content (AvgIpc) is 3.27. The van der Waals surface area contributed by atoms with Crippen molar-refractivity contribution in [3.63, 3.8) is 0 Å². The molecule has 0 spiro atoms. The molecule has 2 heterocycles. The molecule has 0 bridgehead atoms. The number of amides is 2. The van der Waals surface area contributed by atoms with Crippen molar-refractivity contribution in [1.29, 1.82) is 0 Å². The van der Waals surface area contributed by atoms with Gasteiger partial charge < -0.3 is 19.5 Å². The van der Waals surface area contributed by atoms with Crippen molar-refractivity contribution in [2.45, 2.75) is 59.5 Å². The number of carbonyl (C=O) groups is 2. The lowest BCUT2D eigenvalue weighted by Crippen LogP contribution is -3.11. The molecule has 0 aromatic carbocycles.